The molecule has 0 unspecified atom stereocenters. The molecule has 1 aromatic rings. The van der Waals surface area contributed by atoms with E-state index in [1.54, 1.807) is 6.92 Å². The normalized spacial score (nSPS) is 15.0. The van der Waals surface area contributed by atoms with Crippen molar-refractivity contribution in [1.29, 1.82) is 0 Å². The number of hydrogen-bond acceptors (Lipinski definition) is 6. The number of hydrogen-bond donors (Lipinski definition) is 1. The molecule has 0 saturated carbocycles. The van der Waals surface area contributed by atoms with Crippen LogP contribution in [0.4, 0.5) is 5.69 Å². The number of likely N-dealkylation sites (tertiary alicyclic amines) is 1. The zero-order valence-corrected chi connectivity index (χ0v) is 16.2. The maximum atomic E-state index is 12.5. The van der Waals surface area contributed by atoms with Crippen LogP contribution in [-0.2, 0) is 0 Å². The summed E-state index contributed by atoms with van der Waals surface area (Å²) in [5, 5.41) is 14.1. The van der Waals surface area contributed by atoms with E-state index in [0.29, 0.717) is 18.9 Å². The number of ether oxygens (including phenoxy) is 2. The van der Waals surface area contributed by atoms with Gasteiger partial charge in [-0.2, -0.15) is 0 Å². The first-order valence-electron chi connectivity index (χ1n) is 9.56. The second kappa shape index (κ2) is 10.7. The van der Waals surface area contributed by atoms with Crippen LogP contribution in [0.2, 0.25) is 0 Å². The minimum Gasteiger partial charge on any atom is -0.493 e. The van der Waals surface area contributed by atoms with Crippen LogP contribution in [0.3, 0.4) is 0 Å². The number of methoxy groups -OCH3 is 1. The van der Waals surface area contributed by atoms with Crippen LogP contribution in [0.1, 0.15) is 49.4 Å². The number of rotatable bonds is 9. The first-order valence-corrected chi connectivity index (χ1v) is 9.56. The lowest BCUT2D eigenvalue weighted by Gasteiger charge is -2.19. The molecule has 1 aliphatic heterocycles. The van der Waals surface area contributed by atoms with Crippen molar-refractivity contribution in [1.82, 2.24) is 10.2 Å². The summed E-state index contributed by atoms with van der Waals surface area (Å²) in [6.07, 6.45) is 5.84. The highest BCUT2D eigenvalue weighted by molar-refractivity contribution is 5.99. The molecule has 0 radical (unpaired) electrons. The monoisotopic (exact) mass is 379 g/mol. The molecule has 2 rings (SSSR count). The van der Waals surface area contributed by atoms with Crippen molar-refractivity contribution < 1.29 is 19.2 Å². The van der Waals surface area contributed by atoms with Crippen molar-refractivity contribution in [2.24, 2.45) is 0 Å². The summed E-state index contributed by atoms with van der Waals surface area (Å²) in [4.78, 5) is 25.7. The molecule has 8 heteroatoms. The van der Waals surface area contributed by atoms with E-state index < -0.39 is 10.8 Å². The summed E-state index contributed by atoms with van der Waals surface area (Å²) in [5.41, 5.74) is -0.306. The Morgan fingerprint density at radius 2 is 1.93 bits per heavy atom. The van der Waals surface area contributed by atoms with Gasteiger partial charge in [0, 0.05) is 12.6 Å². The standard InChI is InChI=1S/C19H29N3O5/c1-3-27-18-13-15(16(22(24)25)14-17(18)26-2)19(23)20-9-8-12-21-10-6-4-5-7-11-21/h13-14H,3-12H2,1-2H3,(H,20,23). The van der Waals surface area contributed by atoms with E-state index in [4.69, 9.17) is 9.47 Å². The van der Waals surface area contributed by atoms with E-state index in [2.05, 4.69) is 10.2 Å². The summed E-state index contributed by atoms with van der Waals surface area (Å²) >= 11 is 0. The maximum Gasteiger partial charge on any atom is 0.286 e. The van der Waals surface area contributed by atoms with E-state index in [1.807, 2.05) is 0 Å². The fourth-order valence-electron chi connectivity index (χ4n) is 3.27. The predicted molar refractivity (Wildman–Crippen MR) is 103 cm³/mol. The Balaban J connectivity index is 1.99. The second-order valence-corrected chi connectivity index (χ2v) is 6.58. The fourth-order valence-corrected chi connectivity index (χ4v) is 3.27. The van der Waals surface area contributed by atoms with Gasteiger partial charge in [-0.05, 0) is 45.8 Å². The molecule has 1 saturated heterocycles. The topological polar surface area (TPSA) is 93.9 Å². The highest BCUT2D eigenvalue weighted by atomic mass is 16.6. The molecule has 27 heavy (non-hydrogen) atoms. The van der Waals surface area contributed by atoms with Gasteiger partial charge >= 0.3 is 0 Å². The number of amides is 1. The van der Waals surface area contributed by atoms with E-state index in [-0.39, 0.29) is 17.0 Å². The van der Waals surface area contributed by atoms with Crippen molar-refractivity contribution in [3.05, 3.63) is 27.8 Å². The van der Waals surface area contributed by atoms with Crippen LogP contribution < -0.4 is 14.8 Å². The molecule has 0 atom stereocenters. The smallest absolute Gasteiger partial charge is 0.286 e. The third kappa shape index (κ3) is 6.09. The van der Waals surface area contributed by atoms with Gasteiger partial charge in [-0.15, -0.1) is 0 Å². The first kappa shape index (κ1) is 21.0. The largest absolute Gasteiger partial charge is 0.493 e. The van der Waals surface area contributed by atoms with Crippen LogP contribution >= 0.6 is 0 Å². The van der Waals surface area contributed by atoms with E-state index in [1.165, 1.54) is 44.9 Å². The number of carbonyl (C=O) groups is 1. The van der Waals surface area contributed by atoms with Gasteiger partial charge in [-0.3, -0.25) is 14.9 Å². The SMILES string of the molecule is CCOc1cc(C(=O)NCCCN2CCCCCC2)c([N+](=O)[O-])cc1OC. The van der Waals surface area contributed by atoms with Gasteiger partial charge in [-0.1, -0.05) is 12.8 Å². The van der Waals surface area contributed by atoms with Gasteiger partial charge in [0.05, 0.1) is 24.7 Å². The number of nitrogens with zero attached hydrogens (tertiary/aromatic N) is 2. The van der Waals surface area contributed by atoms with E-state index >= 15 is 0 Å². The minimum atomic E-state index is -0.579. The van der Waals surface area contributed by atoms with Crippen molar-refractivity contribution in [2.45, 2.75) is 39.0 Å². The summed E-state index contributed by atoms with van der Waals surface area (Å²) in [6, 6.07) is 2.61. The van der Waals surface area contributed by atoms with Gasteiger partial charge in [-0.25, -0.2) is 0 Å². The Morgan fingerprint density at radius 3 is 2.52 bits per heavy atom. The second-order valence-electron chi connectivity index (χ2n) is 6.58. The van der Waals surface area contributed by atoms with Crippen LogP contribution in [0.5, 0.6) is 11.5 Å². The van der Waals surface area contributed by atoms with Gasteiger partial charge in [0.2, 0.25) is 0 Å². The number of nitro groups is 1. The van der Waals surface area contributed by atoms with Gasteiger partial charge < -0.3 is 19.7 Å². The molecule has 1 aliphatic rings. The quantitative estimate of drug-likeness (QED) is 0.403. The average molecular weight is 379 g/mol. The van der Waals surface area contributed by atoms with Crippen molar-refractivity contribution >= 4 is 11.6 Å². The Labute approximate surface area is 160 Å². The Morgan fingerprint density at radius 1 is 1.22 bits per heavy atom. The Bertz CT molecular complexity index is 642. The summed E-state index contributed by atoms with van der Waals surface area (Å²) in [6.45, 7) is 5.78. The van der Waals surface area contributed by atoms with Crippen LogP contribution in [0.25, 0.3) is 0 Å². The van der Waals surface area contributed by atoms with Gasteiger partial charge in [0.1, 0.15) is 5.56 Å². The fraction of sp³-hybridized carbons (Fsp3) is 0.632. The Kier molecular flexibility index (Phi) is 8.32. The number of nitrogens with one attached hydrogen (secondary N) is 1. The highest BCUT2D eigenvalue weighted by Gasteiger charge is 2.24. The lowest BCUT2D eigenvalue weighted by Crippen LogP contribution is -2.31. The summed E-state index contributed by atoms with van der Waals surface area (Å²) in [7, 11) is 1.41. The molecule has 0 aromatic heterocycles. The zero-order valence-electron chi connectivity index (χ0n) is 16.2. The number of carbonyl (C=O) groups excluding carboxylic acids is 1. The molecular formula is C19H29N3O5. The van der Waals surface area contributed by atoms with E-state index in [9.17, 15) is 14.9 Å². The number of benzene rings is 1. The van der Waals surface area contributed by atoms with Gasteiger partial charge in [0.15, 0.2) is 11.5 Å². The lowest BCUT2D eigenvalue weighted by atomic mass is 10.1. The molecule has 1 heterocycles. The van der Waals surface area contributed by atoms with E-state index in [0.717, 1.165) is 26.1 Å². The molecule has 1 aromatic carbocycles. The van der Waals surface area contributed by atoms with Gasteiger partial charge in [0.25, 0.3) is 11.6 Å². The predicted octanol–water partition coefficient (Wildman–Crippen LogP) is 3.00. The molecule has 1 fully saturated rings. The summed E-state index contributed by atoms with van der Waals surface area (Å²) in [5.74, 6) is 0.0859. The average Bonchev–Trinajstić information content (AvgIpc) is 2.93. The third-order valence-electron chi connectivity index (χ3n) is 4.66. The van der Waals surface area contributed by atoms with Crippen molar-refractivity contribution in [2.75, 3.05) is 39.9 Å². The minimum absolute atomic E-state index is 0.0148. The van der Waals surface area contributed by atoms with Crippen molar-refractivity contribution in [3.63, 3.8) is 0 Å². The summed E-state index contributed by atoms with van der Waals surface area (Å²) < 4.78 is 10.6. The molecule has 8 nitrogen and oxygen atoms in total. The van der Waals surface area contributed by atoms with Crippen LogP contribution in [0.15, 0.2) is 12.1 Å². The Hall–Kier alpha value is -2.35. The first-order chi connectivity index (χ1) is 13.1. The lowest BCUT2D eigenvalue weighted by molar-refractivity contribution is -0.385. The molecular weight excluding hydrogens is 350 g/mol. The molecule has 1 N–H and O–H groups in total. The zero-order chi connectivity index (χ0) is 19.6. The molecule has 150 valence electrons. The molecule has 0 aliphatic carbocycles. The van der Waals surface area contributed by atoms with Crippen LogP contribution in [0, 0.1) is 10.1 Å². The third-order valence-corrected chi connectivity index (χ3v) is 4.66. The molecule has 0 bridgehead atoms. The molecule has 1 amide bonds. The van der Waals surface area contributed by atoms with Crippen molar-refractivity contribution in [3.8, 4) is 11.5 Å². The highest BCUT2D eigenvalue weighted by Crippen LogP contribution is 2.34. The number of nitro benzene ring substituents is 1. The molecule has 0 spiro atoms. The van der Waals surface area contributed by atoms with Crippen LogP contribution in [-0.4, -0.2) is 55.6 Å². The maximum absolute atomic E-state index is 12.5.